The van der Waals surface area contributed by atoms with E-state index in [1.54, 1.807) is 12.1 Å². The minimum absolute atomic E-state index is 0.190. The van der Waals surface area contributed by atoms with Gasteiger partial charge in [0.2, 0.25) is 0 Å². The van der Waals surface area contributed by atoms with Gasteiger partial charge in [0.15, 0.2) is 5.78 Å². The first-order valence-corrected chi connectivity index (χ1v) is 9.13. The summed E-state index contributed by atoms with van der Waals surface area (Å²) < 4.78 is 0. The lowest BCUT2D eigenvalue weighted by Gasteiger charge is -2.32. The topological polar surface area (TPSA) is 20.3 Å². The number of carbonyl (C=O) groups is 1. The zero-order chi connectivity index (χ0) is 16.8. The molecule has 0 bridgehead atoms. The van der Waals surface area contributed by atoms with E-state index in [9.17, 15) is 4.79 Å². The molecule has 1 aliphatic rings. The van der Waals surface area contributed by atoms with Crippen molar-refractivity contribution in [2.45, 2.75) is 25.7 Å². The van der Waals surface area contributed by atoms with Gasteiger partial charge in [-0.25, -0.2) is 0 Å². The normalized spacial score (nSPS) is 18.5. The minimum Gasteiger partial charge on any atom is -0.296 e. The first-order valence-electron chi connectivity index (χ1n) is 8.76. The summed E-state index contributed by atoms with van der Waals surface area (Å²) in [6.45, 7) is 2.58. The fourth-order valence-electron chi connectivity index (χ4n) is 3.48. The lowest BCUT2D eigenvalue weighted by Crippen LogP contribution is -2.39. The molecular formula is C21H24ClNO. The number of ketones is 1. The van der Waals surface area contributed by atoms with Crippen LogP contribution in [0.4, 0.5) is 0 Å². The lowest BCUT2D eigenvalue weighted by molar-refractivity contribution is 0.0882. The Labute approximate surface area is 149 Å². The smallest absolute Gasteiger partial charge is 0.176 e. The molecule has 3 rings (SSSR count). The molecule has 0 amide bonds. The molecule has 24 heavy (non-hydrogen) atoms. The van der Waals surface area contributed by atoms with E-state index in [2.05, 4.69) is 35.2 Å². The number of hydrogen-bond donors (Lipinski definition) is 0. The Balaban J connectivity index is 1.50. The predicted octanol–water partition coefficient (Wildman–Crippen LogP) is 4.87. The summed E-state index contributed by atoms with van der Waals surface area (Å²) in [5.74, 6) is 0.882. The Morgan fingerprint density at radius 3 is 2.58 bits per heavy atom. The van der Waals surface area contributed by atoms with Crippen LogP contribution in [0.2, 0.25) is 5.02 Å². The van der Waals surface area contributed by atoms with Gasteiger partial charge < -0.3 is 0 Å². The molecule has 1 aliphatic heterocycles. The van der Waals surface area contributed by atoms with Gasteiger partial charge in [0.1, 0.15) is 0 Å². The number of nitrogens with zero attached hydrogens (tertiary/aromatic N) is 1. The molecule has 0 unspecified atom stereocenters. The second-order valence-corrected chi connectivity index (χ2v) is 7.13. The Morgan fingerprint density at radius 2 is 1.83 bits per heavy atom. The summed E-state index contributed by atoms with van der Waals surface area (Å²) in [6, 6.07) is 17.9. The summed E-state index contributed by atoms with van der Waals surface area (Å²) in [5.41, 5.74) is 2.16. The molecule has 2 nitrogen and oxygen atoms in total. The van der Waals surface area contributed by atoms with Crippen LogP contribution in [0.5, 0.6) is 0 Å². The zero-order valence-corrected chi connectivity index (χ0v) is 14.7. The van der Waals surface area contributed by atoms with Crippen molar-refractivity contribution in [1.82, 2.24) is 4.90 Å². The third-order valence-electron chi connectivity index (χ3n) is 4.82. The van der Waals surface area contributed by atoms with Crippen LogP contribution in [0.1, 0.15) is 35.2 Å². The van der Waals surface area contributed by atoms with Crippen molar-refractivity contribution in [3.8, 4) is 0 Å². The van der Waals surface area contributed by atoms with Crippen LogP contribution < -0.4 is 0 Å². The van der Waals surface area contributed by atoms with Crippen molar-refractivity contribution in [1.29, 1.82) is 0 Å². The number of benzene rings is 2. The first-order chi connectivity index (χ1) is 11.7. The third-order valence-corrected chi connectivity index (χ3v) is 5.07. The number of likely N-dealkylation sites (tertiary alicyclic amines) is 1. The van der Waals surface area contributed by atoms with Crippen LogP contribution in [0.3, 0.4) is 0 Å². The third kappa shape index (κ3) is 4.93. The van der Waals surface area contributed by atoms with Crippen molar-refractivity contribution in [2.24, 2.45) is 5.92 Å². The highest BCUT2D eigenvalue weighted by Gasteiger charge is 2.21. The number of rotatable bonds is 6. The average molecular weight is 342 g/mol. The summed E-state index contributed by atoms with van der Waals surface area (Å²) in [7, 11) is 0. The lowest BCUT2D eigenvalue weighted by atomic mass is 9.91. The first kappa shape index (κ1) is 17.2. The zero-order valence-electron chi connectivity index (χ0n) is 14.0. The van der Waals surface area contributed by atoms with Crippen molar-refractivity contribution in [2.75, 3.05) is 19.6 Å². The average Bonchev–Trinajstić information content (AvgIpc) is 2.62. The van der Waals surface area contributed by atoms with Crippen LogP contribution >= 0.6 is 11.6 Å². The van der Waals surface area contributed by atoms with E-state index in [0.717, 1.165) is 25.1 Å². The van der Waals surface area contributed by atoms with Crippen LogP contribution in [0.15, 0.2) is 54.6 Å². The van der Waals surface area contributed by atoms with Gasteiger partial charge in [0, 0.05) is 17.1 Å². The molecule has 2 aromatic carbocycles. The predicted molar refractivity (Wildman–Crippen MR) is 99.7 cm³/mol. The largest absolute Gasteiger partial charge is 0.296 e. The van der Waals surface area contributed by atoms with Crippen molar-refractivity contribution < 1.29 is 4.79 Å². The van der Waals surface area contributed by atoms with E-state index in [1.807, 2.05) is 12.1 Å². The summed E-state index contributed by atoms with van der Waals surface area (Å²) >= 11 is 5.89. The summed E-state index contributed by atoms with van der Waals surface area (Å²) in [5, 5.41) is 0.672. The number of piperidine rings is 1. The van der Waals surface area contributed by atoms with E-state index in [-0.39, 0.29) is 5.78 Å². The minimum atomic E-state index is 0.190. The van der Waals surface area contributed by atoms with Crippen molar-refractivity contribution in [3.63, 3.8) is 0 Å². The Bertz CT molecular complexity index is 653. The Kier molecular flexibility index (Phi) is 6.06. The van der Waals surface area contributed by atoms with Gasteiger partial charge in [-0.1, -0.05) is 41.9 Å². The Hall–Kier alpha value is -1.64. The van der Waals surface area contributed by atoms with E-state index >= 15 is 0 Å². The molecule has 1 fully saturated rings. The second-order valence-electron chi connectivity index (χ2n) is 6.70. The van der Waals surface area contributed by atoms with Gasteiger partial charge in [-0.15, -0.1) is 0 Å². The van der Waals surface area contributed by atoms with E-state index in [0.29, 0.717) is 17.5 Å². The van der Waals surface area contributed by atoms with Crippen LogP contribution in [-0.4, -0.2) is 30.3 Å². The highest BCUT2D eigenvalue weighted by molar-refractivity contribution is 6.30. The number of aryl methyl sites for hydroxylation is 1. The second kappa shape index (κ2) is 8.46. The molecule has 0 saturated carbocycles. The number of carbonyl (C=O) groups excluding carboxylic acids is 1. The molecule has 2 aromatic rings. The molecule has 0 aromatic heterocycles. The highest BCUT2D eigenvalue weighted by Crippen LogP contribution is 2.22. The molecule has 126 valence electrons. The van der Waals surface area contributed by atoms with Crippen molar-refractivity contribution in [3.05, 3.63) is 70.7 Å². The Morgan fingerprint density at radius 1 is 1.08 bits per heavy atom. The number of halogens is 1. The number of hydrogen-bond acceptors (Lipinski definition) is 2. The fourth-order valence-corrected chi connectivity index (χ4v) is 3.60. The molecule has 0 aliphatic carbocycles. The summed E-state index contributed by atoms with van der Waals surface area (Å²) in [6.07, 6.45) is 4.80. The van der Waals surface area contributed by atoms with Gasteiger partial charge in [-0.05, 0) is 68.0 Å². The SMILES string of the molecule is O=C(CN1CCC[C@H](CCc2ccccc2)C1)c1ccc(Cl)cc1. The van der Waals surface area contributed by atoms with Crippen molar-refractivity contribution >= 4 is 17.4 Å². The molecule has 0 radical (unpaired) electrons. The molecule has 0 N–H and O–H groups in total. The van der Waals surface area contributed by atoms with Crippen LogP contribution in [0, 0.1) is 5.92 Å². The van der Waals surface area contributed by atoms with Gasteiger partial charge in [0.05, 0.1) is 6.54 Å². The maximum atomic E-state index is 12.4. The molecule has 1 saturated heterocycles. The van der Waals surface area contributed by atoms with Crippen LogP contribution in [0.25, 0.3) is 0 Å². The van der Waals surface area contributed by atoms with Crippen LogP contribution in [-0.2, 0) is 6.42 Å². The maximum absolute atomic E-state index is 12.4. The van der Waals surface area contributed by atoms with Gasteiger partial charge in [0.25, 0.3) is 0 Å². The van der Waals surface area contributed by atoms with E-state index in [4.69, 9.17) is 11.6 Å². The highest BCUT2D eigenvalue weighted by atomic mass is 35.5. The fraction of sp³-hybridized carbons (Fsp3) is 0.381. The van der Waals surface area contributed by atoms with Gasteiger partial charge >= 0.3 is 0 Å². The molecule has 1 atom stereocenters. The number of Topliss-reactive ketones (excluding diaryl/α,β-unsaturated/α-hetero) is 1. The summed E-state index contributed by atoms with van der Waals surface area (Å²) in [4.78, 5) is 14.7. The standard InChI is InChI=1S/C21H24ClNO/c22-20-12-10-19(11-13-20)21(24)16-23-14-4-7-18(15-23)9-8-17-5-2-1-3-6-17/h1-3,5-6,10-13,18H,4,7-9,14-16H2/t18-/m1/s1. The molecule has 3 heteroatoms. The molecular weight excluding hydrogens is 318 g/mol. The molecule has 1 heterocycles. The quantitative estimate of drug-likeness (QED) is 0.699. The maximum Gasteiger partial charge on any atom is 0.176 e. The van der Waals surface area contributed by atoms with E-state index in [1.165, 1.54) is 24.8 Å². The molecule has 0 spiro atoms. The van der Waals surface area contributed by atoms with Gasteiger partial charge in [-0.2, -0.15) is 0 Å². The monoisotopic (exact) mass is 341 g/mol. The van der Waals surface area contributed by atoms with Gasteiger partial charge in [-0.3, -0.25) is 9.69 Å². The van der Waals surface area contributed by atoms with E-state index < -0.39 is 0 Å².